The van der Waals surface area contributed by atoms with Crippen LogP contribution in [0.3, 0.4) is 0 Å². The van der Waals surface area contributed by atoms with Gasteiger partial charge in [-0.2, -0.15) is 0 Å². The monoisotopic (exact) mass is 376 g/mol. The minimum absolute atomic E-state index is 0.240. The highest BCUT2D eigenvalue weighted by atomic mass is 16.5. The molecule has 142 valence electrons. The molecular formula is C22H20N2O4. The first-order valence-corrected chi connectivity index (χ1v) is 8.60. The first-order chi connectivity index (χ1) is 13.6. The van der Waals surface area contributed by atoms with Crippen LogP contribution < -0.4 is 20.1 Å². The van der Waals surface area contributed by atoms with Gasteiger partial charge in [-0.05, 0) is 66.7 Å². The highest BCUT2D eigenvalue weighted by molar-refractivity contribution is 6.06. The van der Waals surface area contributed by atoms with Crippen LogP contribution in [0.1, 0.15) is 20.7 Å². The summed E-state index contributed by atoms with van der Waals surface area (Å²) in [5, 5.41) is 5.61. The molecule has 0 aromatic heterocycles. The summed E-state index contributed by atoms with van der Waals surface area (Å²) in [6.07, 6.45) is 0. The van der Waals surface area contributed by atoms with E-state index < -0.39 is 0 Å². The summed E-state index contributed by atoms with van der Waals surface area (Å²) in [6.45, 7) is 0. The molecule has 2 N–H and O–H groups in total. The van der Waals surface area contributed by atoms with Crippen LogP contribution in [0.15, 0.2) is 72.8 Å². The van der Waals surface area contributed by atoms with Crippen molar-refractivity contribution in [2.45, 2.75) is 0 Å². The molecule has 0 aliphatic carbocycles. The molecule has 0 spiro atoms. The number of anilines is 2. The number of methoxy groups -OCH3 is 2. The largest absolute Gasteiger partial charge is 0.497 e. The van der Waals surface area contributed by atoms with Gasteiger partial charge >= 0.3 is 0 Å². The van der Waals surface area contributed by atoms with Crippen molar-refractivity contribution in [1.29, 1.82) is 0 Å². The zero-order chi connectivity index (χ0) is 19.9. The predicted molar refractivity (Wildman–Crippen MR) is 108 cm³/mol. The molecule has 0 atom stereocenters. The minimum atomic E-state index is -0.255. The number of hydrogen-bond acceptors (Lipinski definition) is 4. The van der Waals surface area contributed by atoms with Crippen molar-refractivity contribution in [1.82, 2.24) is 0 Å². The van der Waals surface area contributed by atoms with Gasteiger partial charge in [0, 0.05) is 22.5 Å². The molecular weight excluding hydrogens is 356 g/mol. The van der Waals surface area contributed by atoms with Gasteiger partial charge in [0.1, 0.15) is 11.5 Å². The number of ether oxygens (including phenoxy) is 2. The van der Waals surface area contributed by atoms with Crippen LogP contribution in [0.5, 0.6) is 11.5 Å². The molecule has 0 saturated heterocycles. The third kappa shape index (κ3) is 4.67. The number of amides is 2. The van der Waals surface area contributed by atoms with E-state index in [4.69, 9.17) is 9.47 Å². The Balaban J connectivity index is 1.63. The fourth-order valence-electron chi connectivity index (χ4n) is 2.55. The summed E-state index contributed by atoms with van der Waals surface area (Å²) in [5.74, 6) is 0.831. The number of carbonyl (C=O) groups excluding carboxylic acids is 2. The molecule has 0 saturated carbocycles. The van der Waals surface area contributed by atoms with Crippen molar-refractivity contribution in [2.75, 3.05) is 24.9 Å². The third-order valence-electron chi connectivity index (χ3n) is 4.08. The van der Waals surface area contributed by atoms with E-state index in [0.717, 1.165) is 0 Å². The van der Waals surface area contributed by atoms with Crippen LogP contribution in [0, 0.1) is 0 Å². The molecule has 0 unspecified atom stereocenters. The molecule has 3 aromatic rings. The van der Waals surface area contributed by atoms with Gasteiger partial charge in [-0.15, -0.1) is 0 Å². The summed E-state index contributed by atoms with van der Waals surface area (Å²) in [5.41, 5.74) is 2.23. The van der Waals surface area contributed by atoms with Crippen molar-refractivity contribution in [3.63, 3.8) is 0 Å². The zero-order valence-corrected chi connectivity index (χ0v) is 15.6. The lowest BCUT2D eigenvalue weighted by molar-refractivity contribution is 0.101. The fraction of sp³-hybridized carbons (Fsp3) is 0.0909. The van der Waals surface area contributed by atoms with Crippen LogP contribution in [0.25, 0.3) is 0 Å². The van der Waals surface area contributed by atoms with E-state index in [0.29, 0.717) is 34.0 Å². The van der Waals surface area contributed by atoms with Gasteiger partial charge in [0.25, 0.3) is 11.8 Å². The molecule has 0 bridgehead atoms. The SMILES string of the molecule is COc1ccc(NC(=O)c2ccc(NC(=O)c3cccc(OC)c3)cc2)cc1. The van der Waals surface area contributed by atoms with Crippen molar-refractivity contribution in [3.05, 3.63) is 83.9 Å². The highest BCUT2D eigenvalue weighted by Crippen LogP contribution is 2.18. The van der Waals surface area contributed by atoms with Crippen LogP contribution in [0.2, 0.25) is 0 Å². The number of carbonyl (C=O) groups is 2. The number of benzene rings is 3. The third-order valence-corrected chi connectivity index (χ3v) is 4.08. The van der Waals surface area contributed by atoms with Gasteiger partial charge in [0.2, 0.25) is 0 Å². The molecule has 3 rings (SSSR count). The standard InChI is InChI=1S/C22H20N2O4/c1-27-19-12-10-18(11-13-19)23-21(25)15-6-8-17(9-7-15)24-22(26)16-4-3-5-20(14-16)28-2/h3-14H,1-2H3,(H,23,25)(H,24,26). The van der Waals surface area contributed by atoms with Crippen molar-refractivity contribution in [3.8, 4) is 11.5 Å². The maximum Gasteiger partial charge on any atom is 0.255 e. The fourth-order valence-corrected chi connectivity index (χ4v) is 2.55. The quantitative estimate of drug-likeness (QED) is 0.676. The van der Waals surface area contributed by atoms with E-state index in [2.05, 4.69) is 10.6 Å². The first-order valence-electron chi connectivity index (χ1n) is 8.60. The molecule has 3 aromatic carbocycles. The smallest absolute Gasteiger partial charge is 0.255 e. The van der Waals surface area contributed by atoms with Gasteiger partial charge in [-0.1, -0.05) is 6.07 Å². The highest BCUT2D eigenvalue weighted by Gasteiger charge is 2.09. The number of nitrogens with one attached hydrogen (secondary N) is 2. The van der Waals surface area contributed by atoms with Crippen molar-refractivity contribution < 1.29 is 19.1 Å². The summed E-state index contributed by atoms with van der Waals surface area (Å²) in [4.78, 5) is 24.7. The Morgan fingerprint density at radius 3 is 1.75 bits per heavy atom. The van der Waals surface area contributed by atoms with E-state index in [-0.39, 0.29) is 11.8 Å². The van der Waals surface area contributed by atoms with Gasteiger partial charge in [-0.25, -0.2) is 0 Å². The van der Waals surface area contributed by atoms with Crippen LogP contribution in [-0.2, 0) is 0 Å². The van der Waals surface area contributed by atoms with Crippen LogP contribution in [0.4, 0.5) is 11.4 Å². The molecule has 0 fully saturated rings. The average molecular weight is 376 g/mol. The Bertz CT molecular complexity index is 967. The molecule has 6 heteroatoms. The topological polar surface area (TPSA) is 76.7 Å². The summed E-state index contributed by atoms with van der Waals surface area (Å²) in [7, 11) is 3.13. The molecule has 0 heterocycles. The Labute approximate surface area is 163 Å². The summed E-state index contributed by atoms with van der Waals surface area (Å²) < 4.78 is 10.2. The molecule has 6 nitrogen and oxygen atoms in total. The lowest BCUT2D eigenvalue weighted by Gasteiger charge is -2.09. The van der Waals surface area contributed by atoms with Crippen molar-refractivity contribution in [2.24, 2.45) is 0 Å². The second-order valence-corrected chi connectivity index (χ2v) is 5.95. The zero-order valence-electron chi connectivity index (χ0n) is 15.6. The average Bonchev–Trinajstić information content (AvgIpc) is 2.74. The number of rotatable bonds is 6. The van der Waals surface area contributed by atoms with E-state index in [9.17, 15) is 9.59 Å². The molecule has 0 radical (unpaired) electrons. The second-order valence-electron chi connectivity index (χ2n) is 5.95. The lowest BCUT2D eigenvalue weighted by atomic mass is 10.1. The Kier molecular flexibility index (Phi) is 5.91. The summed E-state index contributed by atoms with van der Waals surface area (Å²) in [6, 6.07) is 20.6. The van der Waals surface area contributed by atoms with Gasteiger partial charge < -0.3 is 20.1 Å². The minimum Gasteiger partial charge on any atom is -0.497 e. The van der Waals surface area contributed by atoms with E-state index in [1.165, 1.54) is 0 Å². The van der Waals surface area contributed by atoms with E-state index in [1.807, 2.05) is 0 Å². The predicted octanol–water partition coefficient (Wildman–Crippen LogP) is 4.21. The number of hydrogen-bond donors (Lipinski definition) is 2. The molecule has 0 aliphatic rings. The lowest BCUT2D eigenvalue weighted by Crippen LogP contribution is -2.13. The first kappa shape index (κ1) is 19.0. The maximum absolute atomic E-state index is 12.4. The van der Waals surface area contributed by atoms with Crippen molar-refractivity contribution >= 4 is 23.2 Å². The maximum atomic E-state index is 12.4. The van der Waals surface area contributed by atoms with Gasteiger partial charge in [0.05, 0.1) is 14.2 Å². The van der Waals surface area contributed by atoms with Crippen LogP contribution in [-0.4, -0.2) is 26.0 Å². The van der Waals surface area contributed by atoms with Crippen LogP contribution >= 0.6 is 0 Å². The van der Waals surface area contributed by atoms with Gasteiger partial charge in [0.15, 0.2) is 0 Å². The Morgan fingerprint density at radius 1 is 0.643 bits per heavy atom. The normalized spacial score (nSPS) is 10.1. The molecule has 28 heavy (non-hydrogen) atoms. The molecule has 0 aliphatic heterocycles. The molecule has 2 amide bonds. The van der Waals surface area contributed by atoms with E-state index >= 15 is 0 Å². The summed E-state index contributed by atoms with van der Waals surface area (Å²) >= 11 is 0. The second kappa shape index (κ2) is 8.73. The Hall–Kier alpha value is -3.80. The Morgan fingerprint density at radius 2 is 1.18 bits per heavy atom. The van der Waals surface area contributed by atoms with Gasteiger partial charge in [-0.3, -0.25) is 9.59 Å². The van der Waals surface area contributed by atoms with E-state index in [1.54, 1.807) is 87.0 Å².